The quantitative estimate of drug-likeness (QED) is 0.833. The fourth-order valence-corrected chi connectivity index (χ4v) is 4.00. The number of nitrogens with zero attached hydrogens (tertiary/aromatic N) is 2. The van der Waals surface area contributed by atoms with Gasteiger partial charge in [-0.15, -0.1) is 0 Å². The molecule has 2 aromatic rings. The summed E-state index contributed by atoms with van der Waals surface area (Å²) < 4.78 is 5.66. The number of rotatable bonds is 4. The molecule has 0 radical (unpaired) electrons. The Morgan fingerprint density at radius 1 is 1.31 bits per heavy atom. The highest BCUT2D eigenvalue weighted by Gasteiger charge is 2.39. The predicted octanol–water partition coefficient (Wildman–Crippen LogP) is 4.28. The smallest absolute Gasteiger partial charge is 0.413 e. The van der Waals surface area contributed by atoms with E-state index in [2.05, 4.69) is 21.7 Å². The highest BCUT2D eigenvalue weighted by Crippen LogP contribution is 2.37. The summed E-state index contributed by atoms with van der Waals surface area (Å²) in [5.74, 6) is -0.242. The van der Waals surface area contributed by atoms with Crippen molar-refractivity contribution in [1.82, 2.24) is 4.98 Å². The predicted molar refractivity (Wildman–Crippen MR) is 100 cm³/mol. The van der Waals surface area contributed by atoms with E-state index in [-0.39, 0.29) is 12.5 Å². The van der Waals surface area contributed by atoms with Gasteiger partial charge in [-0.25, -0.2) is 9.78 Å². The van der Waals surface area contributed by atoms with Gasteiger partial charge in [0, 0.05) is 5.69 Å². The van der Waals surface area contributed by atoms with Crippen molar-refractivity contribution in [1.29, 1.82) is 5.26 Å². The summed E-state index contributed by atoms with van der Waals surface area (Å²) >= 11 is 1.29. The van der Waals surface area contributed by atoms with E-state index in [1.165, 1.54) is 11.3 Å². The topological polar surface area (TPSA) is 104 Å². The molecule has 1 saturated carbocycles. The van der Waals surface area contributed by atoms with Crippen molar-refractivity contribution in [3.63, 3.8) is 0 Å². The molecule has 1 fully saturated rings. The number of ether oxygens (including phenoxy) is 1. The van der Waals surface area contributed by atoms with Crippen LogP contribution in [0.2, 0.25) is 0 Å². The second-order valence-corrected chi connectivity index (χ2v) is 7.29. The lowest BCUT2D eigenvalue weighted by Crippen LogP contribution is -2.36. The molecule has 0 bridgehead atoms. The first kappa shape index (κ1) is 18.1. The number of aromatic nitrogens is 1. The average Bonchev–Trinajstić information content (AvgIpc) is 3.03. The summed E-state index contributed by atoms with van der Waals surface area (Å²) in [5, 5.41) is 15.4. The maximum Gasteiger partial charge on any atom is 0.413 e. The minimum absolute atomic E-state index is 0.242. The molecule has 1 aromatic carbocycles. The molecule has 1 aliphatic carbocycles. The molecular weight excluding hydrogens is 352 g/mol. The minimum Gasteiger partial charge on any atom is -0.450 e. The standard InChI is InChI=1S/C18H20N4O3S/c1-2-25-17(24)22-16-21-13-7-6-12(10-14(13)26-16)20-15(23)18(11-19)8-4-3-5-9-18/h6-7,10H,2-5,8-9H2,1H3,(H,20,23)(H,21,22,24). The highest BCUT2D eigenvalue weighted by molar-refractivity contribution is 7.22. The van der Waals surface area contributed by atoms with Gasteiger partial charge in [0.2, 0.25) is 5.91 Å². The summed E-state index contributed by atoms with van der Waals surface area (Å²) in [5.41, 5.74) is 0.402. The Balaban J connectivity index is 1.75. The minimum atomic E-state index is -0.933. The molecule has 2 N–H and O–H groups in total. The molecule has 136 valence electrons. The molecule has 0 atom stereocenters. The monoisotopic (exact) mass is 372 g/mol. The van der Waals surface area contributed by atoms with E-state index < -0.39 is 11.5 Å². The zero-order valence-corrected chi connectivity index (χ0v) is 15.3. The number of benzene rings is 1. The van der Waals surface area contributed by atoms with E-state index in [4.69, 9.17) is 4.74 Å². The molecule has 7 nitrogen and oxygen atoms in total. The van der Waals surface area contributed by atoms with Crippen LogP contribution in [0.4, 0.5) is 15.6 Å². The van der Waals surface area contributed by atoms with E-state index in [1.807, 2.05) is 0 Å². The Labute approximate surface area is 155 Å². The Morgan fingerprint density at radius 2 is 2.08 bits per heavy atom. The van der Waals surface area contributed by atoms with E-state index in [1.54, 1.807) is 25.1 Å². The number of hydrogen-bond donors (Lipinski definition) is 2. The zero-order valence-electron chi connectivity index (χ0n) is 14.5. The van der Waals surface area contributed by atoms with Crippen LogP contribution in [-0.4, -0.2) is 23.6 Å². The summed E-state index contributed by atoms with van der Waals surface area (Å²) in [6.07, 6.45) is 3.53. The zero-order chi connectivity index (χ0) is 18.6. The lowest BCUT2D eigenvalue weighted by Gasteiger charge is -2.29. The molecule has 1 aromatic heterocycles. The lowest BCUT2D eigenvalue weighted by atomic mass is 9.74. The van der Waals surface area contributed by atoms with Crippen LogP contribution in [0.3, 0.4) is 0 Å². The number of fused-ring (bicyclic) bond motifs is 1. The van der Waals surface area contributed by atoms with Crippen LogP contribution >= 0.6 is 11.3 Å². The van der Waals surface area contributed by atoms with Crippen molar-refractivity contribution in [3.8, 4) is 6.07 Å². The van der Waals surface area contributed by atoms with Gasteiger partial charge in [-0.2, -0.15) is 5.26 Å². The molecule has 2 amide bonds. The Hall–Kier alpha value is -2.66. The number of nitriles is 1. The molecule has 1 aliphatic rings. The molecule has 3 rings (SSSR count). The van der Waals surface area contributed by atoms with Gasteiger partial charge in [-0.05, 0) is 38.0 Å². The average molecular weight is 372 g/mol. The van der Waals surface area contributed by atoms with Crippen LogP contribution < -0.4 is 10.6 Å². The molecule has 0 unspecified atom stereocenters. The van der Waals surface area contributed by atoms with Crippen molar-refractivity contribution < 1.29 is 14.3 Å². The maximum atomic E-state index is 12.7. The van der Waals surface area contributed by atoms with Gasteiger partial charge >= 0.3 is 6.09 Å². The first-order chi connectivity index (χ1) is 12.6. The molecule has 26 heavy (non-hydrogen) atoms. The number of carbonyl (C=O) groups excluding carboxylic acids is 2. The van der Waals surface area contributed by atoms with E-state index in [0.29, 0.717) is 29.2 Å². The summed E-state index contributed by atoms with van der Waals surface area (Å²) in [4.78, 5) is 28.5. The van der Waals surface area contributed by atoms with Crippen LogP contribution in [0.25, 0.3) is 10.2 Å². The SMILES string of the molecule is CCOC(=O)Nc1nc2ccc(NC(=O)C3(C#N)CCCCC3)cc2s1. The lowest BCUT2D eigenvalue weighted by molar-refractivity contribution is -0.124. The van der Waals surface area contributed by atoms with Gasteiger partial charge in [-0.3, -0.25) is 10.1 Å². The van der Waals surface area contributed by atoms with Crippen LogP contribution in [0.15, 0.2) is 18.2 Å². The Kier molecular flexibility index (Phi) is 5.38. The number of nitrogens with one attached hydrogen (secondary N) is 2. The number of anilines is 2. The van der Waals surface area contributed by atoms with Crippen LogP contribution in [0, 0.1) is 16.7 Å². The third-order valence-corrected chi connectivity index (χ3v) is 5.42. The third kappa shape index (κ3) is 3.78. The van der Waals surface area contributed by atoms with Gasteiger partial charge < -0.3 is 10.1 Å². The largest absolute Gasteiger partial charge is 0.450 e. The summed E-state index contributed by atoms with van der Waals surface area (Å²) in [6, 6.07) is 7.56. The van der Waals surface area contributed by atoms with E-state index in [0.717, 1.165) is 24.0 Å². The van der Waals surface area contributed by atoms with Crippen molar-refractivity contribution in [2.45, 2.75) is 39.0 Å². The second kappa shape index (κ2) is 7.70. The van der Waals surface area contributed by atoms with Gasteiger partial charge in [-0.1, -0.05) is 30.6 Å². The van der Waals surface area contributed by atoms with Crippen molar-refractivity contribution >= 4 is 44.4 Å². The normalized spacial score (nSPS) is 15.8. The fourth-order valence-electron chi connectivity index (χ4n) is 3.11. The molecular formula is C18H20N4O3S. The van der Waals surface area contributed by atoms with Crippen LogP contribution in [0.1, 0.15) is 39.0 Å². The van der Waals surface area contributed by atoms with Crippen molar-refractivity contribution in [3.05, 3.63) is 18.2 Å². The third-order valence-electron chi connectivity index (χ3n) is 4.49. The summed E-state index contributed by atoms with van der Waals surface area (Å²) in [6.45, 7) is 2.01. The van der Waals surface area contributed by atoms with Crippen LogP contribution in [0.5, 0.6) is 0 Å². The van der Waals surface area contributed by atoms with Gasteiger partial charge in [0.1, 0.15) is 5.41 Å². The first-order valence-corrected chi connectivity index (χ1v) is 9.45. The molecule has 0 saturated heterocycles. The molecule has 8 heteroatoms. The van der Waals surface area contributed by atoms with Gasteiger partial charge in [0.05, 0.1) is 22.9 Å². The van der Waals surface area contributed by atoms with E-state index >= 15 is 0 Å². The highest BCUT2D eigenvalue weighted by atomic mass is 32.1. The van der Waals surface area contributed by atoms with Crippen LogP contribution in [-0.2, 0) is 9.53 Å². The number of thiazole rings is 1. The van der Waals surface area contributed by atoms with Gasteiger partial charge in [0.25, 0.3) is 0 Å². The second-order valence-electron chi connectivity index (χ2n) is 6.26. The van der Waals surface area contributed by atoms with Crippen molar-refractivity contribution in [2.75, 3.05) is 17.2 Å². The number of hydrogen-bond acceptors (Lipinski definition) is 6. The van der Waals surface area contributed by atoms with Gasteiger partial charge in [0.15, 0.2) is 5.13 Å². The maximum absolute atomic E-state index is 12.7. The number of carbonyl (C=O) groups is 2. The fraction of sp³-hybridized carbons (Fsp3) is 0.444. The Morgan fingerprint density at radius 3 is 2.77 bits per heavy atom. The number of amides is 2. The molecule has 0 aliphatic heterocycles. The van der Waals surface area contributed by atoms with E-state index in [9.17, 15) is 14.9 Å². The Bertz CT molecular complexity index is 865. The first-order valence-electron chi connectivity index (χ1n) is 8.63. The molecule has 1 heterocycles. The molecule has 0 spiro atoms. The van der Waals surface area contributed by atoms with Crippen molar-refractivity contribution in [2.24, 2.45) is 5.41 Å². The summed E-state index contributed by atoms with van der Waals surface area (Å²) in [7, 11) is 0.